The fourth-order valence-corrected chi connectivity index (χ4v) is 3.35. The van der Waals surface area contributed by atoms with Crippen LogP contribution in [0.3, 0.4) is 0 Å². The number of hydrogen-bond acceptors (Lipinski definition) is 9. The van der Waals surface area contributed by atoms with Crippen molar-refractivity contribution in [2.45, 2.75) is 25.9 Å². The minimum Gasteiger partial charge on any atom is -0.508 e. The normalized spacial score (nSPS) is 11.4. The quantitative estimate of drug-likeness (QED) is 0.157. The number of carbonyl (C=O) groups excluding carboxylic acids is 2. The Balaban J connectivity index is 1.93. The summed E-state index contributed by atoms with van der Waals surface area (Å²) in [4.78, 5) is 34.3. The maximum atomic E-state index is 12.1. The number of carbonyl (C=O) groups is 2. The molecule has 0 fully saturated rings. The lowest BCUT2D eigenvalue weighted by molar-refractivity contribution is -0.384. The van der Waals surface area contributed by atoms with Crippen LogP contribution in [-0.4, -0.2) is 35.1 Å². The average molecular weight is 495 g/mol. The van der Waals surface area contributed by atoms with E-state index in [9.17, 15) is 24.8 Å². The van der Waals surface area contributed by atoms with Gasteiger partial charge >= 0.3 is 5.97 Å². The highest BCUT2D eigenvalue weighted by Crippen LogP contribution is 2.37. The molecule has 0 aliphatic carbocycles. The van der Waals surface area contributed by atoms with Gasteiger partial charge in [-0.25, -0.2) is 0 Å². The third-order valence-electron chi connectivity index (χ3n) is 5.15. The van der Waals surface area contributed by atoms with E-state index >= 15 is 0 Å². The number of phenols is 1. The van der Waals surface area contributed by atoms with E-state index in [1.165, 1.54) is 56.5 Å². The molecule has 0 saturated heterocycles. The Hall–Kier alpha value is -4.64. The summed E-state index contributed by atoms with van der Waals surface area (Å²) in [6.07, 6.45) is 0.243. The number of nitro benzene ring substituents is 1. The predicted octanol–water partition coefficient (Wildman–Crippen LogP) is 3.21. The molecule has 1 atom stereocenters. The summed E-state index contributed by atoms with van der Waals surface area (Å²) in [5.41, 5.74) is 6.65. The molecule has 3 rings (SSSR count). The molecule has 0 radical (unpaired) electrons. The molecule has 0 aliphatic rings. The molecule has 3 aromatic rings. The van der Waals surface area contributed by atoms with E-state index in [1.54, 1.807) is 18.2 Å². The second-order valence-corrected chi connectivity index (χ2v) is 7.76. The largest absolute Gasteiger partial charge is 0.508 e. The highest BCUT2D eigenvalue weighted by Gasteiger charge is 2.21. The molecule has 0 bridgehead atoms. The molecule has 3 aromatic carbocycles. The minimum absolute atomic E-state index is 0.0145. The molecule has 36 heavy (non-hydrogen) atoms. The molecule has 0 heterocycles. The van der Waals surface area contributed by atoms with Crippen LogP contribution in [0.15, 0.2) is 60.7 Å². The summed E-state index contributed by atoms with van der Waals surface area (Å²) in [5.74, 6) is -0.0924. The Morgan fingerprint density at radius 1 is 1.06 bits per heavy atom. The van der Waals surface area contributed by atoms with E-state index in [2.05, 4.69) is 5.32 Å². The van der Waals surface area contributed by atoms with Crippen molar-refractivity contribution in [3.05, 3.63) is 81.9 Å². The number of methoxy groups -OCH3 is 1. The number of hydrogen-bond donors (Lipinski definition) is 3. The number of primary amides is 1. The Kier molecular flexibility index (Phi) is 8.42. The summed E-state index contributed by atoms with van der Waals surface area (Å²) in [5, 5.41) is 23.5. The van der Waals surface area contributed by atoms with Gasteiger partial charge in [-0.3, -0.25) is 19.7 Å². The van der Waals surface area contributed by atoms with Gasteiger partial charge in [0.05, 0.1) is 23.6 Å². The fourth-order valence-electron chi connectivity index (χ4n) is 3.35. The smallest absolute Gasteiger partial charge is 0.308 e. The Morgan fingerprint density at radius 3 is 2.25 bits per heavy atom. The van der Waals surface area contributed by atoms with E-state index in [1.807, 2.05) is 0 Å². The molecule has 0 aromatic heterocycles. The number of benzene rings is 3. The summed E-state index contributed by atoms with van der Waals surface area (Å²) in [6, 6.07) is 14.1. The van der Waals surface area contributed by atoms with E-state index in [0.29, 0.717) is 17.1 Å². The number of nitrogens with one attached hydrogen (secondary N) is 1. The van der Waals surface area contributed by atoms with Crippen LogP contribution in [0.25, 0.3) is 0 Å². The molecule has 11 nitrogen and oxygen atoms in total. The number of ether oxygens (including phenoxy) is 3. The van der Waals surface area contributed by atoms with Gasteiger partial charge < -0.3 is 30.4 Å². The third-order valence-corrected chi connectivity index (χ3v) is 5.15. The molecule has 0 spiro atoms. The summed E-state index contributed by atoms with van der Waals surface area (Å²) in [6.45, 7) is 1.26. The molecule has 1 amide bonds. The number of aromatic hydroxyl groups is 1. The van der Waals surface area contributed by atoms with Crippen molar-refractivity contribution in [2.24, 2.45) is 5.73 Å². The van der Waals surface area contributed by atoms with Gasteiger partial charge in [-0.1, -0.05) is 12.1 Å². The number of esters is 1. The van der Waals surface area contributed by atoms with Gasteiger partial charge in [0.1, 0.15) is 28.7 Å². The zero-order valence-corrected chi connectivity index (χ0v) is 19.6. The van der Waals surface area contributed by atoms with Crippen molar-refractivity contribution in [1.82, 2.24) is 5.32 Å². The molecule has 0 saturated carbocycles. The highest BCUT2D eigenvalue weighted by atomic mass is 16.6. The predicted molar refractivity (Wildman–Crippen MR) is 129 cm³/mol. The summed E-state index contributed by atoms with van der Waals surface area (Å²) < 4.78 is 16.6. The first kappa shape index (κ1) is 26.0. The van der Waals surface area contributed by atoms with Crippen LogP contribution in [0.5, 0.6) is 28.7 Å². The van der Waals surface area contributed by atoms with Crippen molar-refractivity contribution in [1.29, 1.82) is 0 Å². The number of non-ortho nitro benzene ring substituents is 1. The molecule has 0 aliphatic heterocycles. The van der Waals surface area contributed by atoms with Crippen LogP contribution >= 0.6 is 0 Å². The van der Waals surface area contributed by atoms with Gasteiger partial charge in [-0.2, -0.15) is 0 Å². The lowest BCUT2D eigenvalue weighted by Gasteiger charge is -2.20. The van der Waals surface area contributed by atoms with Gasteiger partial charge in [0.15, 0.2) is 0 Å². The highest BCUT2D eigenvalue weighted by molar-refractivity contribution is 5.80. The van der Waals surface area contributed by atoms with Gasteiger partial charge in [0.25, 0.3) is 5.69 Å². The van der Waals surface area contributed by atoms with Crippen molar-refractivity contribution in [2.75, 3.05) is 7.11 Å². The first-order valence-electron chi connectivity index (χ1n) is 10.8. The van der Waals surface area contributed by atoms with Crippen LogP contribution in [-0.2, 0) is 22.6 Å². The number of phenolic OH excluding ortho intramolecular Hbond substituents is 1. The summed E-state index contributed by atoms with van der Waals surface area (Å²) >= 11 is 0. The first-order valence-corrected chi connectivity index (χ1v) is 10.8. The van der Waals surface area contributed by atoms with Gasteiger partial charge in [-0.15, -0.1) is 0 Å². The van der Waals surface area contributed by atoms with Crippen LogP contribution < -0.4 is 25.3 Å². The molecule has 0 unspecified atom stereocenters. The maximum absolute atomic E-state index is 12.1. The van der Waals surface area contributed by atoms with Gasteiger partial charge in [0.2, 0.25) is 5.91 Å². The standard InChI is InChI=1S/C25H25N3O8/c1-15(29)35-23-12-20(34-2)13-24(36-19-9-5-17(6-10-19)28(32)33)21(23)14-27-22(25(26)31)11-16-3-7-18(30)8-4-16/h3-10,12-13,22,27,30H,11,14H2,1-2H3,(H2,26,31)/t22-/m0/s1. The lowest BCUT2D eigenvalue weighted by atomic mass is 10.0. The number of nitrogens with two attached hydrogens (primary N) is 1. The lowest BCUT2D eigenvalue weighted by Crippen LogP contribution is -2.42. The number of amides is 1. The van der Waals surface area contributed by atoms with E-state index < -0.39 is 22.8 Å². The van der Waals surface area contributed by atoms with Crippen LogP contribution in [0, 0.1) is 10.1 Å². The molecule has 188 valence electrons. The van der Waals surface area contributed by atoms with Gasteiger partial charge in [-0.05, 0) is 36.2 Å². The van der Waals surface area contributed by atoms with Crippen LogP contribution in [0.1, 0.15) is 18.1 Å². The molecular formula is C25H25N3O8. The SMILES string of the molecule is COc1cc(OC(C)=O)c(CN[C@@H](Cc2ccc(O)cc2)C(N)=O)c(Oc2ccc([N+](=O)[O-])cc2)c1. The summed E-state index contributed by atoms with van der Waals surface area (Å²) in [7, 11) is 1.43. The molecular weight excluding hydrogens is 470 g/mol. The Bertz CT molecular complexity index is 1240. The Labute approximate surface area is 206 Å². The van der Waals surface area contributed by atoms with Crippen molar-refractivity contribution < 1.29 is 33.8 Å². The zero-order valence-electron chi connectivity index (χ0n) is 19.6. The number of nitrogens with zero attached hydrogens (tertiary/aromatic N) is 1. The number of nitro groups is 1. The van der Waals surface area contributed by atoms with Crippen molar-refractivity contribution >= 4 is 17.6 Å². The van der Waals surface area contributed by atoms with Crippen molar-refractivity contribution in [3.8, 4) is 28.7 Å². The first-order chi connectivity index (χ1) is 17.2. The van der Waals surface area contributed by atoms with Gasteiger partial charge in [0, 0.05) is 37.7 Å². The van der Waals surface area contributed by atoms with E-state index in [4.69, 9.17) is 19.9 Å². The van der Waals surface area contributed by atoms with E-state index in [-0.39, 0.29) is 35.9 Å². The second-order valence-electron chi connectivity index (χ2n) is 7.76. The van der Waals surface area contributed by atoms with Crippen LogP contribution in [0.2, 0.25) is 0 Å². The van der Waals surface area contributed by atoms with Crippen LogP contribution in [0.4, 0.5) is 5.69 Å². The fraction of sp³-hybridized carbons (Fsp3) is 0.200. The zero-order chi connectivity index (χ0) is 26.2. The van der Waals surface area contributed by atoms with E-state index in [0.717, 1.165) is 5.56 Å². The topological polar surface area (TPSA) is 163 Å². The molecule has 4 N–H and O–H groups in total. The third kappa shape index (κ3) is 6.93. The van der Waals surface area contributed by atoms with Crippen molar-refractivity contribution in [3.63, 3.8) is 0 Å². The monoisotopic (exact) mass is 495 g/mol. The number of rotatable bonds is 11. The maximum Gasteiger partial charge on any atom is 0.308 e. The molecule has 11 heteroatoms. The Morgan fingerprint density at radius 2 is 1.69 bits per heavy atom. The average Bonchev–Trinajstić information content (AvgIpc) is 2.83. The second kappa shape index (κ2) is 11.7. The minimum atomic E-state index is -0.797.